The van der Waals surface area contributed by atoms with E-state index in [0.717, 1.165) is 67.5 Å². The lowest BCUT2D eigenvalue weighted by molar-refractivity contribution is -0.145. The molecular weight excluding hydrogens is 380 g/mol. The third-order valence-corrected chi connectivity index (χ3v) is 7.07. The Morgan fingerprint density at radius 3 is 2.60 bits per heavy atom. The van der Waals surface area contributed by atoms with Crippen LogP contribution in [0.4, 0.5) is 0 Å². The zero-order chi connectivity index (χ0) is 20.8. The van der Waals surface area contributed by atoms with Crippen LogP contribution in [0.3, 0.4) is 0 Å². The van der Waals surface area contributed by atoms with Crippen LogP contribution < -0.4 is 10.4 Å². The molecule has 0 N–H and O–H groups in total. The van der Waals surface area contributed by atoms with Crippen LogP contribution in [-0.2, 0) is 17.6 Å². The number of hydrogen-bond acceptors (Lipinski definition) is 5. The summed E-state index contributed by atoms with van der Waals surface area (Å²) in [5.74, 6) is 0.635. The number of piperidine rings is 1. The lowest BCUT2D eigenvalue weighted by Crippen LogP contribution is -2.63. The average molecular weight is 411 g/mol. The quantitative estimate of drug-likeness (QED) is 0.725. The molecule has 0 spiro atoms. The Balaban J connectivity index is 1.28. The Morgan fingerprint density at radius 1 is 1.10 bits per heavy atom. The molecule has 1 aliphatic carbocycles. The number of likely N-dealkylation sites (tertiary alicyclic amines) is 2. The van der Waals surface area contributed by atoms with Crippen LogP contribution in [0.25, 0.3) is 11.0 Å². The number of carbonyl (C=O) groups is 1. The molecule has 0 saturated carbocycles. The monoisotopic (exact) mass is 410 g/mol. The van der Waals surface area contributed by atoms with Crippen molar-refractivity contribution in [2.75, 3.05) is 26.2 Å². The molecule has 1 atom stereocenters. The van der Waals surface area contributed by atoms with E-state index in [1.54, 1.807) is 6.92 Å². The van der Waals surface area contributed by atoms with Crippen molar-refractivity contribution in [2.24, 2.45) is 0 Å². The number of hydrogen-bond donors (Lipinski definition) is 0. The van der Waals surface area contributed by atoms with E-state index in [0.29, 0.717) is 17.4 Å². The minimum absolute atomic E-state index is 0.0261. The van der Waals surface area contributed by atoms with Gasteiger partial charge in [0.05, 0.1) is 0 Å². The molecule has 2 aromatic rings. The van der Waals surface area contributed by atoms with E-state index < -0.39 is 6.10 Å². The van der Waals surface area contributed by atoms with Gasteiger partial charge in [0.15, 0.2) is 6.10 Å². The van der Waals surface area contributed by atoms with E-state index in [1.807, 2.05) is 24.0 Å². The Morgan fingerprint density at radius 2 is 1.83 bits per heavy atom. The minimum atomic E-state index is -0.565. The molecule has 1 aromatic heterocycles. The molecule has 30 heavy (non-hydrogen) atoms. The highest BCUT2D eigenvalue weighted by atomic mass is 16.5. The number of ether oxygens (including phenoxy) is 1. The third-order valence-electron chi connectivity index (χ3n) is 7.07. The van der Waals surface area contributed by atoms with Gasteiger partial charge < -0.3 is 14.1 Å². The maximum atomic E-state index is 12.8. The second-order valence-electron chi connectivity index (χ2n) is 9.02. The van der Waals surface area contributed by atoms with Crippen molar-refractivity contribution < 1.29 is 13.9 Å². The van der Waals surface area contributed by atoms with E-state index in [2.05, 4.69) is 4.90 Å². The van der Waals surface area contributed by atoms with Gasteiger partial charge >= 0.3 is 5.63 Å². The summed E-state index contributed by atoms with van der Waals surface area (Å²) in [5.41, 5.74) is 3.08. The van der Waals surface area contributed by atoms with Gasteiger partial charge in [-0.15, -0.1) is 0 Å². The van der Waals surface area contributed by atoms with Crippen molar-refractivity contribution in [3.63, 3.8) is 0 Å². The van der Waals surface area contributed by atoms with Gasteiger partial charge in [-0.1, -0.05) is 6.42 Å². The molecule has 1 unspecified atom stereocenters. The van der Waals surface area contributed by atoms with Crippen LogP contribution in [0, 0.1) is 6.92 Å². The predicted molar refractivity (Wildman–Crippen MR) is 115 cm³/mol. The lowest BCUT2D eigenvalue weighted by Gasteiger charge is -2.47. The molecular formula is C24H30N2O4. The third kappa shape index (κ3) is 3.31. The summed E-state index contributed by atoms with van der Waals surface area (Å²) in [6.07, 6.45) is 6.00. The molecule has 6 nitrogen and oxygen atoms in total. The maximum Gasteiger partial charge on any atom is 0.339 e. The first-order chi connectivity index (χ1) is 14.5. The molecule has 3 aliphatic rings. The van der Waals surface area contributed by atoms with Crippen LogP contribution in [-0.4, -0.2) is 54.0 Å². The predicted octanol–water partition coefficient (Wildman–Crippen LogP) is 3.05. The van der Waals surface area contributed by atoms with E-state index in [9.17, 15) is 9.59 Å². The van der Waals surface area contributed by atoms with Gasteiger partial charge in [0.1, 0.15) is 11.3 Å². The Hall–Kier alpha value is -2.34. The Bertz CT molecular complexity index is 1030. The number of nitrogens with zero attached hydrogens (tertiary/aromatic N) is 2. The van der Waals surface area contributed by atoms with Crippen LogP contribution >= 0.6 is 0 Å². The lowest BCUT2D eigenvalue weighted by atomic mass is 10.0. The fraction of sp³-hybridized carbons (Fsp3) is 0.583. The summed E-state index contributed by atoms with van der Waals surface area (Å²) in [5, 5.41) is 0.998. The number of fused-ring (bicyclic) bond motifs is 3. The van der Waals surface area contributed by atoms with Crippen LogP contribution in [0.5, 0.6) is 5.75 Å². The van der Waals surface area contributed by atoms with E-state index in [4.69, 9.17) is 9.15 Å². The zero-order valence-corrected chi connectivity index (χ0v) is 17.9. The van der Waals surface area contributed by atoms with E-state index in [1.165, 1.54) is 19.3 Å². The smallest absolute Gasteiger partial charge is 0.339 e. The fourth-order valence-electron chi connectivity index (χ4n) is 5.24. The molecule has 2 saturated heterocycles. The Kier molecular flexibility index (Phi) is 5.05. The average Bonchev–Trinajstić information content (AvgIpc) is 3.21. The fourth-order valence-corrected chi connectivity index (χ4v) is 5.24. The molecule has 3 heterocycles. The molecule has 5 rings (SSSR count). The number of carbonyl (C=O) groups excluding carboxylic acids is 1. The zero-order valence-electron chi connectivity index (χ0n) is 17.9. The Labute approximate surface area is 176 Å². The van der Waals surface area contributed by atoms with Crippen molar-refractivity contribution in [3.05, 3.63) is 39.2 Å². The normalized spacial score (nSPS) is 20.8. The first-order valence-electron chi connectivity index (χ1n) is 11.3. The topological polar surface area (TPSA) is 63.0 Å². The van der Waals surface area contributed by atoms with Crippen molar-refractivity contribution in [1.29, 1.82) is 0 Å². The molecule has 2 aliphatic heterocycles. The summed E-state index contributed by atoms with van der Waals surface area (Å²) in [4.78, 5) is 29.6. The largest absolute Gasteiger partial charge is 0.480 e. The molecule has 0 bridgehead atoms. The standard InChI is InChI=1S/C24H30N2O4/c1-15-21(10-9-19-18-7-6-8-20(18)24(28)30-22(15)19)29-16(2)23(27)26-13-17(14-26)25-11-4-3-5-12-25/h9-10,16-17H,3-8,11-14H2,1-2H3. The minimum Gasteiger partial charge on any atom is -0.480 e. The highest BCUT2D eigenvalue weighted by Gasteiger charge is 2.37. The van der Waals surface area contributed by atoms with Gasteiger partial charge in [-0.2, -0.15) is 0 Å². The molecule has 160 valence electrons. The van der Waals surface area contributed by atoms with Gasteiger partial charge in [0, 0.05) is 35.6 Å². The molecule has 2 fully saturated rings. The van der Waals surface area contributed by atoms with Crippen molar-refractivity contribution >= 4 is 16.9 Å². The molecule has 1 aromatic carbocycles. The summed E-state index contributed by atoms with van der Waals surface area (Å²) in [6.45, 7) is 7.61. The van der Waals surface area contributed by atoms with Crippen molar-refractivity contribution in [1.82, 2.24) is 9.80 Å². The van der Waals surface area contributed by atoms with Crippen LogP contribution in [0.15, 0.2) is 21.3 Å². The van der Waals surface area contributed by atoms with Crippen molar-refractivity contribution in [2.45, 2.75) is 64.5 Å². The van der Waals surface area contributed by atoms with Crippen molar-refractivity contribution in [3.8, 4) is 5.75 Å². The summed E-state index contributed by atoms with van der Waals surface area (Å²) in [6, 6.07) is 4.38. The number of benzene rings is 1. The second kappa shape index (κ2) is 7.73. The number of amides is 1. The molecule has 1 amide bonds. The van der Waals surface area contributed by atoms with Gasteiger partial charge in [0.25, 0.3) is 5.91 Å². The number of aryl methyl sites for hydroxylation is 2. The van der Waals surface area contributed by atoms with Gasteiger partial charge in [-0.3, -0.25) is 9.69 Å². The summed E-state index contributed by atoms with van der Waals surface area (Å²) >= 11 is 0. The van der Waals surface area contributed by atoms with E-state index in [-0.39, 0.29) is 11.5 Å². The van der Waals surface area contributed by atoms with Gasteiger partial charge in [0.2, 0.25) is 0 Å². The summed E-state index contributed by atoms with van der Waals surface area (Å²) < 4.78 is 11.7. The van der Waals surface area contributed by atoms with Crippen LogP contribution in [0.2, 0.25) is 0 Å². The van der Waals surface area contributed by atoms with E-state index >= 15 is 0 Å². The highest BCUT2D eigenvalue weighted by molar-refractivity contribution is 5.87. The maximum absolute atomic E-state index is 12.8. The SMILES string of the molecule is Cc1c(OC(C)C(=O)N2CC(N3CCCCC3)C2)ccc2c3c(c(=O)oc12)CCC3. The first-order valence-corrected chi connectivity index (χ1v) is 11.3. The second-order valence-corrected chi connectivity index (χ2v) is 9.02. The molecule has 0 radical (unpaired) electrons. The van der Waals surface area contributed by atoms with Gasteiger partial charge in [-0.25, -0.2) is 4.79 Å². The highest BCUT2D eigenvalue weighted by Crippen LogP contribution is 2.33. The first kappa shape index (κ1) is 19.6. The molecule has 6 heteroatoms. The summed E-state index contributed by atoms with van der Waals surface area (Å²) in [7, 11) is 0. The van der Waals surface area contributed by atoms with Gasteiger partial charge in [-0.05, 0) is 76.7 Å². The number of rotatable bonds is 4. The van der Waals surface area contributed by atoms with Crippen LogP contribution in [0.1, 0.15) is 49.3 Å².